The molecule has 2 N–H and O–H groups in total. The van der Waals surface area contributed by atoms with Crippen LogP contribution in [0.25, 0.3) is 0 Å². The van der Waals surface area contributed by atoms with Gasteiger partial charge in [0.1, 0.15) is 0 Å². The van der Waals surface area contributed by atoms with Crippen LogP contribution >= 0.6 is 12.2 Å². The van der Waals surface area contributed by atoms with E-state index in [1.165, 1.54) is 44.2 Å². The molecule has 0 amide bonds. The number of nitrogens with zero attached hydrogens (tertiary/aromatic N) is 1. The summed E-state index contributed by atoms with van der Waals surface area (Å²) in [6.45, 7) is 2.19. The van der Waals surface area contributed by atoms with Gasteiger partial charge in [-0.25, -0.2) is 0 Å². The Bertz CT molecular complexity index is 353. The van der Waals surface area contributed by atoms with Gasteiger partial charge in [-0.15, -0.1) is 0 Å². The van der Waals surface area contributed by atoms with E-state index in [9.17, 15) is 0 Å². The average molecular weight is 265 g/mol. The number of hydrogen-bond donors (Lipinski definition) is 2. The maximum absolute atomic E-state index is 5.09. The number of hydrogen-bond acceptors (Lipinski definition) is 2. The van der Waals surface area contributed by atoms with Crippen molar-refractivity contribution in [2.24, 2.45) is 28.3 Å². The van der Waals surface area contributed by atoms with Crippen LogP contribution in [0.3, 0.4) is 0 Å². The molecule has 0 aromatic heterocycles. The smallest absolute Gasteiger partial charge is 0.186 e. The minimum absolute atomic E-state index is 0.394. The molecular weight excluding hydrogens is 242 g/mol. The standard InChI is InChI=1S/C14H23N3S/c1-9(16-17-13(18)15-2)14-6-10-3-11(7-14)5-12(4-10)8-14/h10-12H,3-8H2,1-2H3,(H2,15,17,18)/b16-9-. The van der Waals surface area contributed by atoms with E-state index < -0.39 is 0 Å². The lowest BCUT2D eigenvalue weighted by atomic mass is 9.48. The summed E-state index contributed by atoms with van der Waals surface area (Å²) in [5, 5.41) is 8.07. The molecule has 4 bridgehead atoms. The van der Waals surface area contributed by atoms with Crippen LogP contribution in [0.15, 0.2) is 5.10 Å². The molecule has 0 radical (unpaired) electrons. The highest BCUT2D eigenvalue weighted by Gasteiger charge is 2.52. The van der Waals surface area contributed by atoms with Crippen LogP contribution < -0.4 is 10.7 Å². The molecule has 0 saturated heterocycles. The van der Waals surface area contributed by atoms with Crippen molar-refractivity contribution in [3.05, 3.63) is 0 Å². The average Bonchev–Trinajstić information content (AvgIpc) is 2.33. The number of rotatable bonds is 2. The fraction of sp³-hybridized carbons (Fsp3) is 0.857. The summed E-state index contributed by atoms with van der Waals surface area (Å²) in [7, 11) is 1.82. The molecule has 18 heavy (non-hydrogen) atoms. The Morgan fingerprint density at radius 2 is 1.61 bits per heavy atom. The third kappa shape index (κ3) is 2.04. The highest BCUT2D eigenvalue weighted by Crippen LogP contribution is 2.60. The summed E-state index contributed by atoms with van der Waals surface area (Å²) in [6.07, 6.45) is 8.53. The molecular formula is C14H23N3S. The predicted octanol–water partition coefficient (Wildman–Crippen LogP) is 2.67. The van der Waals surface area contributed by atoms with Crippen LogP contribution in [0.5, 0.6) is 0 Å². The lowest BCUT2D eigenvalue weighted by molar-refractivity contribution is -0.0128. The molecule has 0 unspecified atom stereocenters. The number of thiocarbonyl (C=S) groups is 1. The van der Waals surface area contributed by atoms with Gasteiger partial charge in [-0.2, -0.15) is 5.10 Å². The Hall–Kier alpha value is -0.640. The molecule has 0 spiro atoms. The molecule has 3 nitrogen and oxygen atoms in total. The van der Waals surface area contributed by atoms with Crippen LogP contribution in [0.4, 0.5) is 0 Å². The molecule has 100 valence electrons. The lowest BCUT2D eigenvalue weighted by Crippen LogP contribution is -2.49. The zero-order valence-corrected chi connectivity index (χ0v) is 12.1. The van der Waals surface area contributed by atoms with Crippen molar-refractivity contribution in [1.82, 2.24) is 10.7 Å². The zero-order chi connectivity index (χ0) is 12.8. The Morgan fingerprint density at radius 1 is 1.11 bits per heavy atom. The van der Waals surface area contributed by atoms with Gasteiger partial charge < -0.3 is 5.32 Å². The van der Waals surface area contributed by atoms with Crippen molar-refractivity contribution in [2.75, 3.05) is 7.05 Å². The molecule has 0 aliphatic heterocycles. The maximum Gasteiger partial charge on any atom is 0.186 e. The van der Waals surface area contributed by atoms with Crippen LogP contribution in [0, 0.1) is 23.2 Å². The van der Waals surface area contributed by atoms with Crippen molar-refractivity contribution in [1.29, 1.82) is 0 Å². The summed E-state index contributed by atoms with van der Waals surface area (Å²) >= 11 is 5.09. The van der Waals surface area contributed by atoms with E-state index in [0.29, 0.717) is 10.5 Å². The second kappa shape index (κ2) is 4.48. The molecule has 4 rings (SSSR count). The third-order valence-corrected chi connectivity index (χ3v) is 5.65. The highest BCUT2D eigenvalue weighted by atomic mass is 32.1. The molecule has 4 aliphatic carbocycles. The second-order valence-corrected chi connectivity index (χ2v) is 6.99. The fourth-order valence-electron chi connectivity index (χ4n) is 4.86. The summed E-state index contributed by atoms with van der Waals surface area (Å²) in [5.41, 5.74) is 4.64. The van der Waals surface area contributed by atoms with Crippen LogP contribution in [0.1, 0.15) is 45.4 Å². The first kappa shape index (κ1) is 12.4. The van der Waals surface area contributed by atoms with Gasteiger partial charge in [-0.3, -0.25) is 5.43 Å². The van der Waals surface area contributed by atoms with Gasteiger partial charge in [-0.1, -0.05) is 0 Å². The number of nitrogens with one attached hydrogen (secondary N) is 2. The van der Waals surface area contributed by atoms with Gasteiger partial charge in [0.15, 0.2) is 5.11 Å². The molecule has 4 saturated carbocycles. The molecule has 0 heterocycles. The SMILES string of the molecule is CNC(=S)N/N=C(/C)C12CC3CC(CC(C3)C1)C2. The van der Waals surface area contributed by atoms with E-state index in [2.05, 4.69) is 22.8 Å². The maximum atomic E-state index is 5.09. The molecule has 0 aromatic rings. The van der Waals surface area contributed by atoms with Gasteiger partial charge in [0.25, 0.3) is 0 Å². The lowest BCUT2D eigenvalue weighted by Gasteiger charge is -2.56. The van der Waals surface area contributed by atoms with Gasteiger partial charge in [0.2, 0.25) is 0 Å². The summed E-state index contributed by atoms with van der Waals surface area (Å²) < 4.78 is 0. The van der Waals surface area contributed by atoms with Crippen LogP contribution in [-0.4, -0.2) is 17.9 Å². The zero-order valence-electron chi connectivity index (χ0n) is 11.3. The van der Waals surface area contributed by atoms with Gasteiger partial charge in [0, 0.05) is 18.2 Å². The van der Waals surface area contributed by atoms with Gasteiger partial charge in [-0.05, 0) is 75.4 Å². The van der Waals surface area contributed by atoms with E-state index in [1.54, 1.807) is 0 Å². The van der Waals surface area contributed by atoms with Crippen molar-refractivity contribution in [3.8, 4) is 0 Å². The van der Waals surface area contributed by atoms with Crippen molar-refractivity contribution in [2.45, 2.75) is 45.4 Å². The largest absolute Gasteiger partial charge is 0.364 e. The van der Waals surface area contributed by atoms with Gasteiger partial charge >= 0.3 is 0 Å². The van der Waals surface area contributed by atoms with Crippen molar-refractivity contribution < 1.29 is 0 Å². The quantitative estimate of drug-likeness (QED) is 0.458. The first-order valence-electron chi connectivity index (χ1n) is 7.14. The van der Waals surface area contributed by atoms with E-state index in [-0.39, 0.29) is 0 Å². The first-order chi connectivity index (χ1) is 8.61. The Kier molecular flexibility index (Phi) is 3.08. The van der Waals surface area contributed by atoms with E-state index in [4.69, 9.17) is 12.2 Å². The Labute approximate surface area is 115 Å². The fourth-order valence-corrected chi connectivity index (χ4v) is 4.91. The first-order valence-corrected chi connectivity index (χ1v) is 7.54. The summed E-state index contributed by atoms with van der Waals surface area (Å²) in [4.78, 5) is 0. The highest BCUT2D eigenvalue weighted by molar-refractivity contribution is 7.80. The summed E-state index contributed by atoms with van der Waals surface area (Å²) in [6, 6.07) is 0. The molecule has 0 atom stereocenters. The van der Waals surface area contributed by atoms with Crippen molar-refractivity contribution >= 4 is 23.0 Å². The second-order valence-electron chi connectivity index (χ2n) is 6.59. The Balaban J connectivity index is 1.76. The third-order valence-electron chi connectivity index (χ3n) is 5.36. The minimum atomic E-state index is 0.394. The normalized spacial score (nSPS) is 41.9. The molecule has 4 heteroatoms. The van der Waals surface area contributed by atoms with Crippen LogP contribution in [0.2, 0.25) is 0 Å². The number of hydrazone groups is 1. The topological polar surface area (TPSA) is 36.4 Å². The van der Waals surface area contributed by atoms with E-state index in [0.717, 1.165) is 17.8 Å². The van der Waals surface area contributed by atoms with Crippen LogP contribution in [-0.2, 0) is 0 Å². The van der Waals surface area contributed by atoms with Crippen molar-refractivity contribution in [3.63, 3.8) is 0 Å². The molecule has 4 aliphatic rings. The molecule has 0 aromatic carbocycles. The monoisotopic (exact) mass is 265 g/mol. The minimum Gasteiger partial charge on any atom is -0.364 e. The van der Waals surface area contributed by atoms with E-state index in [1.807, 2.05) is 7.05 Å². The Morgan fingerprint density at radius 3 is 2.06 bits per heavy atom. The molecule has 4 fully saturated rings. The van der Waals surface area contributed by atoms with Gasteiger partial charge in [0.05, 0.1) is 0 Å². The predicted molar refractivity (Wildman–Crippen MR) is 78.5 cm³/mol. The van der Waals surface area contributed by atoms with E-state index >= 15 is 0 Å². The summed E-state index contributed by atoms with van der Waals surface area (Å²) in [5.74, 6) is 2.91.